The fraction of sp³-hybridized carbons (Fsp3) is 0.824. The minimum atomic E-state index is 0.341. The number of nitrogens with zero attached hydrogens (tertiary/aromatic N) is 6. The summed E-state index contributed by atoms with van der Waals surface area (Å²) in [5.74, 6) is 1.71. The number of aromatic nitrogens is 4. The van der Waals surface area contributed by atoms with Crippen molar-refractivity contribution in [3.05, 3.63) is 18.5 Å². The molecule has 23 heavy (non-hydrogen) atoms. The number of rotatable bonds is 9. The van der Waals surface area contributed by atoms with E-state index < -0.39 is 0 Å². The number of aryl methyl sites for hydroxylation is 1. The predicted octanol–water partition coefficient (Wildman–Crippen LogP) is 2.36. The number of hydrogen-bond donors (Lipinski definition) is 0. The van der Waals surface area contributed by atoms with E-state index in [1.54, 1.807) is 0 Å². The Bertz CT molecular complexity index is 461. The molecule has 2 heterocycles. The van der Waals surface area contributed by atoms with E-state index in [4.69, 9.17) is 0 Å². The molecule has 6 nitrogen and oxygen atoms in total. The van der Waals surface area contributed by atoms with Gasteiger partial charge in [0.25, 0.3) is 0 Å². The van der Waals surface area contributed by atoms with Crippen LogP contribution in [0.1, 0.15) is 51.9 Å². The zero-order valence-electron chi connectivity index (χ0n) is 15.0. The van der Waals surface area contributed by atoms with Gasteiger partial charge < -0.3 is 0 Å². The Kier molecular flexibility index (Phi) is 7.17. The van der Waals surface area contributed by atoms with Crippen molar-refractivity contribution in [1.82, 2.24) is 30.0 Å². The van der Waals surface area contributed by atoms with Crippen molar-refractivity contribution in [3.63, 3.8) is 0 Å². The van der Waals surface area contributed by atoms with Gasteiger partial charge in [-0.25, -0.2) is 4.68 Å². The first-order valence-electron chi connectivity index (χ1n) is 8.99. The molecule has 0 bridgehead atoms. The number of piperazine rings is 1. The van der Waals surface area contributed by atoms with E-state index in [-0.39, 0.29) is 0 Å². The van der Waals surface area contributed by atoms with E-state index in [2.05, 4.69) is 52.7 Å². The molecule has 1 fully saturated rings. The molecule has 0 aromatic carbocycles. The minimum absolute atomic E-state index is 0.341. The van der Waals surface area contributed by atoms with Crippen LogP contribution in [0.5, 0.6) is 0 Å². The lowest BCUT2D eigenvalue weighted by molar-refractivity contribution is 0.0918. The van der Waals surface area contributed by atoms with Gasteiger partial charge in [0.1, 0.15) is 0 Å². The molecule has 1 aliphatic rings. The Balaban J connectivity index is 2.04. The highest BCUT2D eigenvalue weighted by Crippen LogP contribution is 2.25. The predicted molar refractivity (Wildman–Crippen MR) is 93.1 cm³/mol. The second-order valence-corrected chi connectivity index (χ2v) is 6.87. The Morgan fingerprint density at radius 1 is 1.17 bits per heavy atom. The lowest BCUT2D eigenvalue weighted by Crippen LogP contribution is -2.48. The molecular weight excluding hydrogens is 288 g/mol. The van der Waals surface area contributed by atoms with Crippen LogP contribution < -0.4 is 0 Å². The summed E-state index contributed by atoms with van der Waals surface area (Å²) in [5, 5.41) is 12.6. The van der Waals surface area contributed by atoms with Gasteiger partial charge in [-0.2, -0.15) is 0 Å². The Labute approximate surface area is 140 Å². The quantitative estimate of drug-likeness (QED) is 0.654. The van der Waals surface area contributed by atoms with Crippen LogP contribution in [-0.4, -0.2) is 62.7 Å². The van der Waals surface area contributed by atoms with Gasteiger partial charge in [-0.15, -0.1) is 11.7 Å². The maximum atomic E-state index is 4.37. The minimum Gasteiger partial charge on any atom is -0.297 e. The third-order valence-electron chi connectivity index (χ3n) is 4.57. The topological polar surface area (TPSA) is 50.1 Å². The summed E-state index contributed by atoms with van der Waals surface area (Å²) in [7, 11) is 0. The van der Waals surface area contributed by atoms with E-state index in [0.29, 0.717) is 12.0 Å². The fourth-order valence-electron chi connectivity index (χ4n) is 3.18. The SMILES string of the molecule is C=CCN1CCN(C(CCC)c2nnnn2CCC(C)C)CC1. The molecule has 0 amide bonds. The zero-order valence-corrected chi connectivity index (χ0v) is 15.0. The van der Waals surface area contributed by atoms with Crippen molar-refractivity contribution in [2.45, 2.75) is 52.6 Å². The Hall–Kier alpha value is -1.27. The molecule has 130 valence electrons. The first-order chi connectivity index (χ1) is 11.2. The van der Waals surface area contributed by atoms with E-state index in [9.17, 15) is 0 Å². The molecule has 1 unspecified atom stereocenters. The highest BCUT2D eigenvalue weighted by Gasteiger charge is 2.28. The van der Waals surface area contributed by atoms with Crippen LogP contribution in [0.2, 0.25) is 0 Å². The van der Waals surface area contributed by atoms with Crippen LogP contribution in [-0.2, 0) is 6.54 Å². The van der Waals surface area contributed by atoms with Gasteiger partial charge in [-0.3, -0.25) is 9.80 Å². The summed E-state index contributed by atoms with van der Waals surface area (Å²) < 4.78 is 2.02. The van der Waals surface area contributed by atoms with Gasteiger partial charge in [0.2, 0.25) is 0 Å². The molecule has 0 spiro atoms. The molecule has 1 saturated heterocycles. The third-order valence-corrected chi connectivity index (χ3v) is 4.57. The summed E-state index contributed by atoms with van der Waals surface area (Å²) in [4.78, 5) is 5.01. The van der Waals surface area contributed by atoms with E-state index in [0.717, 1.165) is 64.4 Å². The maximum absolute atomic E-state index is 4.37. The van der Waals surface area contributed by atoms with E-state index in [1.165, 1.54) is 0 Å². The third kappa shape index (κ3) is 5.11. The van der Waals surface area contributed by atoms with Crippen LogP contribution in [0.25, 0.3) is 0 Å². The highest BCUT2D eigenvalue weighted by molar-refractivity contribution is 4.95. The fourth-order valence-corrected chi connectivity index (χ4v) is 3.18. The van der Waals surface area contributed by atoms with Crippen LogP contribution in [0.4, 0.5) is 0 Å². The number of hydrogen-bond acceptors (Lipinski definition) is 5. The molecule has 1 atom stereocenters. The van der Waals surface area contributed by atoms with E-state index >= 15 is 0 Å². The largest absolute Gasteiger partial charge is 0.297 e. The molecule has 1 aromatic rings. The summed E-state index contributed by atoms with van der Waals surface area (Å²) in [6.45, 7) is 16.8. The summed E-state index contributed by atoms with van der Waals surface area (Å²) >= 11 is 0. The second-order valence-electron chi connectivity index (χ2n) is 6.87. The van der Waals surface area contributed by atoms with Gasteiger partial charge in [-0.1, -0.05) is 33.3 Å². The number of tetrazole rings is 1. The van der Waals surface area contributed by atoms with Crippen molar-refractivity contribution in [3.8, 4) is 0 Å². The molecule has 0 saturated carbocycles. The first kappa shape index (κ1) is 18.1. The Morgan fingerprint density at radius 3 is 2.52 bits per heavy atom. The molecule has 2 rings (SSSR count). The van der Waals surface area contributed by atoms with Crippen molar-refractivity contribution in [2.24, 2.45) is 5.92 Å². The molecule has 0 N–H and O–H groups in total. The smallest absolute Gasteiger partial charge is 0.168 e. The van der Waals surface area contributed by atoms with Gasteiger partial charge in [0, 0.05) is 39.3 Å². The average Bonchev–Trinajstić information content (AvgIpc) is 3.00. The zero-order chi connectivity index (χ0) is 16.7. The van der Waals surface area contributed by atoms with Gasteiger partial charge >= 0.3 is 0 Å². The van der Waals surface area contributed by atoms with Crippen molar-refractivity contribution in [1.29, 1.82) is 0 Å². The summed E-state index contributed by atoms with van der Waals surface area (Å²) in [6.07, 6.45) is 5.37. The van der Waals surface area contributed by atoms with Crippen molar-refractivity contribution >= 4 is 0 Å². The second kappa shape index (κ2) is 9.13. The van der Waals surface area contributed by atoms with Crippen LogP contribution in [0.3, 0.4) is 0 Å². The van der Waals surface area contributed by atoms with E-state index in [1.807, 2.05) is 10.8 Å². The maximum Gasteiger partial charge on any atom is 0.168 e. The van der Waals surface area contributed by atoms with Crippen LogP contribution in [0.15, 0.2) is 12.7 Å². The summed E-state index contributed by atoms with van der Waals surface area (Å²) in [6, 6.07) is 0.341. The van der Waals surface area contributed by atoms with Gasteiger partial charge in [-0.05, 0) is 29.2 Å². The van der Waals surface area contributed by atoms with Crippen LogP contribution in [0, 0.1) is 5.92 Å². The molecule has 0 aliphatic carbocycles. The lowest BCUT2D eigenvalue weighted by atomic mass is 10.1. The standard InChI is InChI=1S/C17H32N6/c1-5-7-16(22-13-11-21(9-6-2)12-14-22)17-18-19-20-23(17)10-8-15(3)4/h6,15-16H,2,5,7-14H2,1,3-4H3. The highest BCUT2D eigenvalue weighted by atomic mass is 15.5. The molecule has 0 radical (unpaired) electrons. The lowest BCUT2D eigenvalue weighted by Gasteiger charge is -2.38. The summed E-state index contributed by atoms with van der Waals surface area (Å²) in [5.41, 5.74) is 0. The first-order valence-corrected chi connectivity index (χ1v) is 8.99. The average molecular weight is 320 g/mol. The monoisotopic (exact) mass is 320 g/mol. The molecule has 6 heteroatoms. The van der Waals surface area contributed by atoms with Gasteiger partial charge in [0.15, 0.2) is 5.82 Å². The molecule has 1 aromatic heterocycles. The molecule has 1 aliphatic heterocycles. The van der Waals surface area contributed by atoms with Gasteiger partial charge in [0.05, 0.1) is 6.04 Å². The Morgan fingerprint density at radius 2 is 1.91 bits per heavy atom. The molecular formula is C17H32N6. The van der Waals surface area contributed by atoms with Crippen LogP contribution >= 0.6 is 0 Å². The van der Waals surface area contributed by atoms with Crippen molar-refractivity contribution < 1.29 is 0 Å². The normalized spacial score (nSPS) is 18.4. The van der Waals surface area contributed by atoms with Crippen molar-refractivity contribution in [2.75, 3.05) is 32.7 Å².